The Morgan fingerprint density at radius 3 is 3.13 bits per heavy atom. The molecule has 0 bridgehead atoms. The number of carbonyl (C=O) groups excluding carboxylic acids is 1. The average molecular weight is 205 g/mol. The normalized spacial score (nSPS) is 21.7. The third kappa shape index (κ3) is 2.33. The van der Waals surface area contributed by atoms with Gasteiger partial charge in [-0.05, 0) is 31.5 Å². The van der Waals surface area contributed by atoms with Gasteiger partial charge in [0.1, 0.15) is 0 Å². The van der Waals surface area contributed by atoms with Gasteiger partial charge in [-0.15, -0.1) is 0 Å². The Bertz CT molecular complexity index is 339. The first-order valence-electron chi connectivity index (χ1n) is 5.20. The van der Waals surface area contributed by atoms with Crippen molar-refractivity contribution in [2.75, 3.05) is 13.1 Å². The zero-order chi connectivity index (χ0) is 10.7. The zero-order valence-electron chi connectivity index (χ0n) is 8.60. The molecule has 1 atom stereocenters. The molecular formula is C11H15N3O. The number of primary amides is 1. The highest BCUT2D eigenvalue weighted by Gasteiger charge is 2.27. The van der Waals surface area contributed by atoms with Crippen LogP contribution >= 0.6 is 0 Å². The van der Waals surface area contributed by atoms with Crippen molar-refractivity contribution < 1.29 is 4.79 Å². The van der Waals surface area contributed by atoms with Crippen molar-refractivity contribution in [3.8, 4) is 0 Å². The van der Waals surface area contributed by atoms with Gasteiger partial charge in [0.2, 0.25) is 5.91 Å². The van der Waals surface area contributed by atoms with Crippen LogP contribution in [0, 0.1) is 0 Å². The molecule has 1 aliphatic rings. The minimum atomic E-state index is -0.266. The summed E-state index contributed by atoms with van der Waals surface area (Å²) in [5.74, 6) is -0.266. The number of carbonyl (C=O) groups is 1. The van der Waals surface area contributed by atoms with Crippen LogP contribution in [-0.4, -0.2) is 28.9 Å². The predicted molar refractivity (Wildman–Crippen MR) is 57.0 cm³/mol. The summed E-state index contributed by atoms with van der Waals surface area (Å²) in [6, 6.07) is 6.14. The number of pyridine rings is 1. The van der Waals surface area contributed by atoms with Crippen molar-refractivity contribution in [1.82, 2.24) is 9.88 Å². The summed E-state index contributed by atoms with van der Waals surface area (Å²) in [5, 5.41) is 0. The molecule has 4 nitrogen and oxygen atoms in total. The highest BCUT2D eigenvalue weighted by Crippen LogP contribution is 2.29. The maximum absolute atomic E-state index is 10.9. The maximum Gasteiger partial charge on any atom is 0.231 e. The summed E-state index contributed by atoms with van der Waals surface area (Å²) in [6.07, 6.45) is 3.95. The van der Waals surface area contributed by atoms with Crippen LogP contribution < -0.4 is 5.73 Å². The molecule has 2 heterocycles. The zero-order valence-corrected chi connectivity index (χ0v) is 8.60. The number of nitrogens with two attached hydrogens (primary N) is 1. The fourth-order valence-corrected chi connectivity index (χ4v) is 2.12. The molecule has 1 saturated heterocycles. The fraction of sp³-hybridized carbons (Fsp3) is 0.455. The van der Waals surface area contributed by atoms with E-state index in [4.69, 9.17) is 5.73 Å². The van der Waals surface area contributed by atoms with E-state index in [0.717, 1.165) is 25.1 Å². The summed E-state index contributed by atoms with van der Waals surface area (Å²) >= 11 is 0. The summed E-state index contributed by atoms with van der Waals surface area (Å²) in [7, 11) is 0. The predicted octanol–water partition coefficient (Wildman–Crippen LogP) is 0.704. The van der Waals surface area contributed by atoms with Gasteiger partial charge in [0.05, 0.1) is 18.3 Å². The Kier molecular flexibility index (Phi) is 2.97. The van der Waals surface area contributed by atoms with Crippen LogP contribution in [0.3, 0.4) is 0 Å². The van der Waals surface area contributed by atoms with Crippen molar-refractivity contribution in [3.63, 3.8) is 0 Å². The van der Waals surface area contributed by atoms with Gasteiger partial charge in [0.25, 0.3) is 0 Å². The van der Waals surface area contributed by atoms with Gasteiger partial charge in [0, 0.05) is 6.20 Å². The van der Waals surface area contributed by atoms with Crippen LogP contribution in [0.1, 0.15) is 24.6 Å². The molecular weight excluding hydrogens is 190 g/mol. The lowest BCUT2D eigenvalue weighted by Crippen LogP contribution is -2.33. The number of hydrogen-bond donors (Lipinski definition) is 1. The molecule has 80 valence electrons. The molecule has 1 fully saturated rings. The Labute approximate surface area is 89.1 Å². The minimum absolute atomic E-state index is 0.263. The number of likely N-dealkylation sites (tertiary alicyclic amines) is 1. The van der Waals surface area contributed by atoms with Crippen molar-refractivity contribution in [3.05, 3.63) is 30.1 Å². The van der Waals surface area contributed by atoms with Crippen LogP contribution in [0.15, 0.2) is 24.4 Å². The largest absolute Gasteiger partial charge is 0.369 e. The van der Waals surface area contributed by atoms with Gasteiger partial charge in [-0.2, -0.15) is 0 Å². The van der Waals surface area contributed by atoms with Gasteiger partial charge in [-0.1, -0.05) is 6.07 Å². The van der Waals surface area contributed by atoms with E-state index < -0.39 is 0 Å². The molecule has 0 saturated carbocycles. The van der Waals surface area contributed by atoms with Crippen LogP contribution in [0.2, 0.25) is 0 Å². The first-order chi connectivity index (χ1) is 7.27. The third-order valence-corrected chi connectivity index (χ3v) is 2.75. The van der Waals surface area contributed by atoms with E-state index in [-0.39, 0.29) is 11.9 Å². The maximum atomic E-state index is 10.9. The standard InChI is InChI=1S/C11H15N3O/c12-11(15)8-14-7-3-5-10(14)9-4-1-2-6-13-9/h1-2,4,6,10H,3,5,7-8H2,(H2,12,15)/t10-/m1/s1. The lowest BCUT2D eigenvalue weighted by atomic mass is 10.1. The van der Waals surface area contributed by atoms with Gasteiger partial charge in [-0.3, -0.25) is 14.7 Å². The topological polar surface area (TPSA) is 59.2 Å². The summed E-state index contributed by atoms with van der Waals surface area (Å²) in [4.78, 5) is 17.3. The minimum Gasteiger partial charge on any atom is -0.369 e. The Morgan fingerprint density at radius 1 is 1.60 bits per heavy atom. The summed E-state index contributed by atoms with van der Waals surface area (Å²) in [5.41, 5.74) is 6.25. The molecule has 0 radical (unpaired) electrons. The van der Waals surface area contributed by atoms with Gasteiger partial charge >= 0.3 is 0 Å². The highest BCUT2D eigenvalue weighted by molar-refractivity contribution is 5.76. The first-order valence-corrected chi connectivity index (χ1v) is 5.20. The van der Waals surface area contributed by atoms with Gasteiger partial charge in [-0.25, -0.2) is 0 Å². The van der Waals surface area contributed by atoms with E-state index in [1.807, 2.05) is 18.2 Å². The van der Waals surface area contributed by atoms with Crippen LogP contribution in [0.5, 0.6) is 0 Å². The molecule has 4 heteroatoms. The number of aromatic nitrogens is 1. The van der Waals surface area contributed by atoms with E-state index in [1.54, 1.807) is 6.20 Å². The van der Waals surface area contributed by atoms with E-state index in [1.165, 1.54) is 0 Å². The third-order valence-electron chi connectivity index (χ3n) is 2.75. The lowest BCUT2D eigenvalue weighted by Gasteiger charge is -2.22. The number of rotatable bonds is 3. The van der Waals surface area contributed by atoms with Crippen LogP contribution in [0.25, 0.3) is 0 Å². The second kappa shape index (κ2) is 4.40. The molecule has 2 N–H and O–H groups in total. The Hall–Kier alpha value is -1.42. The van der Waals surface area contributed by atoms with Crippen LogP contribution in [0.4, 0.5) is 0 Å². The molecule has 1 amide bonds. The fourth-order valence-electron chi connectivity index (χ4n) is 2.12. The first kappa shape index (κ1) is 10.1. The van der Waals surface area contributed by atoms with Crippen molar-refractivity contribution >= 4 is 5.91 Å². The second-order valence-corrected chi connectivity index (χ2v) is 3.85. The van der Waals surface area contributed by atoms with Crippen molar-refractivity contribution in [2.24, 2.45) is 5.73 Å². The highest BCUT2D eigenvalue weighted by atomic mass is 16.1. The average Bonchev–Trinajstić information content (AvgIpc) is 2.66. The van der Waals surface area contributed by atoms with Crippen molar-refractivity contribution in [1.29, 1.82) is 0 Å². The Morgan fingerprint density at radius 2 is 2.47 bits per heavy atom. The molecule has 1 aromatic heterocycles. The summed E-state index contributed by atoms with van der Waals surface area (Å²) < 4.78 is 0. The number of hydrogen-bond acceptors (Lipinski definition) is 3. The monoisotopic (exact) mass is 205 g/mol. The molecule has 1 aliphatic heterocycles. The molecule has 0 aromatic carbocycles. The van der Waals surface area contributed by atoms with Gasteiger partial charge < -0.3 is 5.73 Å². The number of amides is 1. The molecule has 0 aliphatic carbocycles. The number of nitrogens with zero attached hydrogens (tertiary/aromatic N) is 2. The summed E-state index contributed by atoms with van der Waals surface area (Å²) in [6.45, 7) is 1.27. The molecule has 0 unspecified atom stereocenters. The quantitative estimate of drug-likeness (QED) is 0.790. The van der Waals surface area contributed by atoms with Gasteiger partial charge in [0.15, 0.2) is 0 Å². The lowest BCUT2D eigenvalue weighted by molar-refractivity contribution is -0.119. The van der Waals surface area contributed by atoms with Crippen molar-refractivity contribution in [2.45, 2.75) is 18.9 Å². The molecule has 15 heavy (non-hydrogen) atoms. The smallest absolute Gasteiger partial charge is 0.231 e. The van der Waals surface area contributed by atoms with Crippen LogP contribution in [-0.2, 0) is 4.79 Å². The molecule has 0 spiro atoms. The Balaban J connectivity index is 2.11. The SMILES string of the molecule is NC(=O)CN1CCC[C@@H]1c1ccccn1. The molecule has 2 rings (SSSR count). The second-order valence-electron chi connectivity index (χ2n) is 3.85. The van der Waals surface area contributed by atoms with E-state index >= 15 is 0 Å². The van der Waals surface area contributed by atoms with E-state index in [0.29, 0.717) is 6.54 Å². The molecule has 1 aromatic rings. The van der Waals surface area contributed by atoms with E-state index in [2.05, 4.69) is 9.88 Å². The van der Waals surface area contributed by atoms with E-state index in [9.17, 15) is 4.79 Å².